The number of fused-ring (bicyclic) bond motifs is 5. The summed E-state index contributed by atoms with van der Waals surface area (Å²) in [7, 11) is 0. The summed E-state index contributed by atoms with van der Waals surface area (Å²) in [4.78, 5) is 36.2. The van der Waals surface area contributed by atoms with Crippen molar-refractivity contribution in [3.05, 3.63) is 51.6 Å². The van der Waals surface area contributed by atoms with Crippen LogP contribution < -0.4 is 0 Å². The molecule has 6 nitrogen and oxygen atoms in total. The minimum absolute atomic E-state index is 0.0923. The molecule has 6 atom stereocenters. The molecule has 0 bridgehead atoms. The van der Waals surface area contributed by atoms with Gasteiger partial charge in [-0.25, -0.2) is 4.79 Å². The Kier molecular flexibility index (Phi) is 5.92. The maximum atomic E-state index is 13.3. The van der Waals surface area contributed by atoms with Crippen molar-refractivity contribution in [3.8, 4) is 0 Å². The number of esters is 1. The predicted molar refractivity (Wildman–Crippen MR) is 133 cm³/mol. The normalized spacial score (nSPS) is 38.1. The third-order valence-corrected chi connectivity index (χ3v) is 10.5. The molecule has 0 aromatic heterocycles. The van der Waals surface area contributed by atoms with Crippen LogP contribution in [0.2, 0.25) is 0 Å². The van der Waals surface area contributed by atoms with Crippen LogP contribution in [0.3, 0.4) is 0 Å². The number of nitrogens with zero attached hydrogens (tertiary/aromatic N) is 1. The van der Waals surface area contributed by atoms with Crippen molar-refractivity contribution in [1.29, 1.82) is 0 Å². The van der Waals surface area contributed by atoms with Gasteiger partial charge < -0.3 is 4.74 Å². The molecule has 0 saturated heterocycles. The van der Waals surface area contributed by atoms with Gasteiger partial charge in [0, 0.05) is 24.0 Å². The molecule has 3 fully saturated rings. The first-order valence-corrected chi connectivity index (χ1v) is 13.4. The van der Waals surface area contributed by atoms with Crippen molar-refractivity contribution in [2.75, 3.05) is 0 Å². The number of benzene rings is 1. The lowest BCUT2D eigenvalue weighted by molar-refractivity contribution is -0.384. The summed E-state index contributed by atoms with van der Waals surface area (Å²) >= 11 is 0. The number of ketones is 1. The second-order valence-corrected chi connectivity index (χ2v) is 11.9. The lowest BCUT2D eigenvalue weighted by Gasteiger charge is -2.59. The van der Waals surface area contributed by atoms with Crippen LogP contribution in [0.1, 0.15) is 95.3 Å². The fraction of sp³-hybridized carbons (Fsp3) is 0.655. The number of nitro benzene ring substituents is 1. The lowest BCUT2D eigenvalue weighted by atomic mass is 9.46. The van der Waals surface area contributed by atoms with E-state index >= 15 is 0 Å². The van der Waals surface area contributed by atoms with E-state index in [0.29, 0.717) is 24.2 Å². The van der Waals surface area contributed by atoms with E-state index in [0.717, 1.165) is 57.8 Å². The lowest BCUT2D eigenvalue weighted by Crippen LogP contribution is -2.56. The monoisotopic (exact) mass is 479 g/mol. The zero-order valence-electron chi connectivity index (χ0n) is 21.2. The molecule has 4 aliphatic carbocycles. The van der Waals surface area contributed by atoms with Gasteiger partial charge in [0.05, 0.1) is 10.5 Å². The number of nitro groups is 1. The highest BCUT2D eigenvalue weighted by molar-refractivity contribution is 5.92. The number of hydrogen-bond acceptors (Lipinski definition) is 5. The smallest absolute Gasteiger partial charge is 0.338 e. The Morgan fingerprint density at radius 3 is 2.63 bits per heavy atom. The molecule has 188 valence electrons. The van der Waals surface area contributed by atoms with Gasteiger partial charge in [0.25, 0.3) is 5.69 Å². The van der Waals surface area contributed by atoms with E-state index in [1.54, 1.807) is 12.1 Å². The van der Waals surface area contributed by atoms with Gasteiger partial charge in [-0.05, 0) is 86.7 Å². The van der Waals surface area contributed by atoms with Crippen LogP contribution in [-0.4, -0.2) is 22.3 Å². The highest BCUT2D eigenvalue weighted by atomic mass is 16.6. The van der Waals surface area contributed by atoms with Gasteiger partial charge in [-0.2, -0.15) is 0 Å². The first kappa shape index (κ1) is 24.2. The third kappa shape index (κ3) is 3.66. The average Bonchev–Trinajstić information content (AvgIpc) is 3.11. The summed E-state index contributed by atoms with van der Waals surface area (Å²) in [6.07, 6.45) is 11.4. The summed E-state index contributed by atoms with van der Waals surface area (Å²) in [5.74, 6) is 1.49. The van der Waals surface area contributed by atoms with Crippen LogP contribution in [0.25, 0.3) is 0 Å². The molecule has 35 heavy (non-hydrogen) atoms. The van der Waals surface area contributed by atoms with E-state index in [9.17, 15) is 19.7 Å². The van der Waals surface area contributed by atoms with Crippen molar-refractivity contribution < 1.29 is 19.2 Å². The van der Waals surface area contributed by atoms with Gasteiger partial charge in [0.15, 0.2) is 5.78 Å². The molecule has 0 unspecified atom stereocenters. The Hall–Kier alpha value is -2.50. The number of carbonyl (C=O) groups is 2. The number of carbonyl (C=O) groups excluding carboxylic acids is 2. The highest BCUT2D eigenvalue weighted by Crippen LogP contribution is 2.69. The van der Waals surface area contributed by atoms with Gasteiger partial charge in [0.2, 0.25) is 0 Å². The molecule has 1 aromatic rings. The molecule has 3 saturated carbocycles. The van der Waals surface area contributed by atoms with E-state index in [1.807, 2.05) is 6.08 Å². The number of allylic oxidation sites excluding steroid dienone is 1. The van der Waals surface area contributed by atoms with E-state index in [2.05, 4.69) is 20.8 Å². The van der Waals surface area contributed by atoms with Crippen molar-refractivity contribution in [1.82, 2.24) is 0 Å². The first-order chi connectivity index (χ1) is 16.6. The predicted octanol–water partition coefficient (Wildman–Crippen LogP) is 6.82. The summed E-state index contributed by atoms with van der Waals surface area (Å²) in [5.41, 5.74) is 0.996. The van der Waals surface area contributed by atoms with E-state index in [1.165, 1.54) is 17.7 Å². The molecule has 6 heteroatoms. The fourth-order valence-electron chi connectivity index (χ4n) is 8.67. The minimum Gasteiger partial charge on any atom is -0.455 e. The minimum atomic E-state index is -0.543. The Labute approximate surface area is 207 Å². The maximum absolute atomic E-state index is 13.3. The molecule has 0 aliphatic heterocycles. The van der Waals surface area contributed by atoms with E-state index in [-0.39, 0.29) is 27.9 Å². The third-order valence-electron chi connectivity index (χ3n) is 10.5. The SMILES string of the molecule is CCC[C@]1(OC(=O)c2cccc([N+](=O)[O-])c2)CC[C@H]2[C@@H]3CCC4=CC(=O)CC[C@]4(C)[C@H]3CC[C@@]21C. The van der Waals surface area contributed by atoms with E-state index in [4.69, 9.17) is 4.74 Å². The second kappa shape index (κ2) is 8.56. The number of hydrogen-bond donors (Lipinski definition) is 0. The molecule has 0 N–H and O–H groups in total. The number of ether oxygens (including phenoxy) is 1. The second-order valence-electron chi connectivity index (χ2n) is 11.9. The van der Waals surface area contributed by atoms with Crippen LogP contribution in [0, 0.1) is 38.7 Å². The highest BCUT2D eigenvalue weighted by Gasteiger charge is 2.65. The molecular formula is C29H37NO5. The summed E-state index contributed by atoms with van der Waals surface area (Å²) in [6, 6.07) is 5.89. The first-order valence-electron chi connectivity index (χ1n) is 13.4. The van der Waals surface area contributed by atoms with Crippen molar-refractivity contribution in [3.63, 3.8) is 0 Å². The van der Waals surface area contributed by atoms with Gasteiger partial charge >= 0.3 is 5.97 Å². The van der Waals surface area contributed by atoms with Crippen molar-refractivity contribution in [2.24, 2.45) is 28.6 Å². The standard InChI is InChI=1S/C29H37NO5/c1-4-13-29(35-26(32)19-6-5-7-21(17-19)30(33)34)16-12-25-23-9-8-20-18-22(31)10-14-27(20,2)24(23)11-15-28(25,29)3/h5-7,17-18,23-25H,4,8-16H2,1-3H3/t23-,24+,25+,27+,28+,29+/m1/s1. The average molecular weight is 480 g/mol. The molecular weight excluding hydrogens is 442 g/mol. The zero-order chi connectivity index (χ0) is 25.0. The molecule has 0 spiro atoms. The van der Waals surface area contributed by atoms with Gasteiger partial charge in [-0.1, -0.05) is 38.8 Å². The van der Waals surface area contributed by atoms with Crippen LogP contribution in [0.15, 0.2) is 35.9 Å². The van der Waals surface area contributed by atoms with Gasteiger partial charge in [-0.3, -0.25) is 14.9 Å². The van der Waals surface area contributed by atoms with Crippen LogP contribution >= 0.6 is 0 Å². The number of rotatable bonds is 5. The summed E-state index contributed by atoms with van der Waals surface area (Å²) in [5, 5.41) is 11.2. The summed E-state index contributed by atoms with van der Waals surface area (Å²) in [6.45, 7) is 6.87. The number of non-ortho nitro benzene ring substituents is 1. The van der Waals surface area contributed by atoms with Crippen LogP contribution in [0.5, 0.6) is 0 Å². The Bertz CT molecular complexity index is 1090. The quantitative estimate of drug-likeness (QED) is 0.263. The zero-order valence-corrected chi connectivity index (χ0v) is 21.2. The fourth-order valence-corrected chi connectivity index (χ4v) is 8.67. The molecule has 5 rings (SSSR count). The Morgan fingerprint density at radius 1 is 1.11 bits per heavy atom. The van der Waals surface area contributed by atoms with Crippen LogP contribution in [0.4, 0.5) is 5.69 Å². The summed E-state index contributed by atoms with van der Waals surface area (Å²) < 4.78 is 6.44. The molecule has 4 aliphatic rings. The molecule has 1 aromatic carbocycles. The maximum Gasteiger partial charge on any atom is 0.338 e. The molecule has 0 radical (unpaired) electrons. The van der Waals surface area contributed by atoms with Crippen molar-refractivity contribution in [2.45, 2.75) is 90.6 Å². The molecule has 0 amide bonds. The van der Waals surface area contributed by atoms with Gasteiger partial charge in [0.1, 0.15) is 5.60 Å². The largest absolute Gasteiger partial charge is 0.455 e. The molecule has 0 heterocycles. The Morgan fingerprint density at radius 2 is 1.89 bits per heavy atom. The van der Waals surface area contributed by atoms with E-state index < -0.39 is 16.5 Å². The Balaban J connectivity index is 1.44. The topological polar surface area (TPSA) is 86.5 Å². The van der Waals surface area contributed by atoms with Crippen LogP contribution in [-0.2, 0) is 9.53 Å². The van der Waals surface area contributed by atoms with Gasteiger partial charge in [-0.15, -0.1) is 0 Å². The van der Waals surface area contributed by atoms with Crippen molar-refractivity contribution >= 4 is 17.4 Å².